The van der Waals surface area contributed by atoms with Crippen LogP contribution in [0.3, 0.4) is 0 Å². The SMILES string of the molecule is COc1ccc(CN2CCC(=O)C(C(c3ccccc3)c3ccccc3)C2)c(OC)n1. The van der Waals surface area contributed by atoms with Crippen molar-refractivity contribution >= 4 is 5.78 Å². The topological polar surface area (TPSA) is 51.7 Å². The zero-order chi connectivity index (χ0) is 21.6. The Hall–Kier alpha value is -3.18. The summed E-state index contributed by atoms with van der Waals surface area (Å²) in [4.78, 5) is 19.8. The van der Waals surface area contributed by atoms with Crippen LogP contribution >= 0.6 is 0 Å². The lowest BCUT2D eigenvalue weighted by Gasteiger charge is -2.36. The molecule has 2 aromatic carbocycles. The third-order valence-corrected chi connectivity index (χ3v) is 5.97. The number of Topliss-reactive ketones (excluding diaryl/α,β-unsaturated/α-hetero) is 1. The van der Waals surface area contributed by atoms with Gasteiger partial charge in [-0.05, 0) is 17.2 Å². The lowest BCUT2D eigenvalue weighted by atomic mass is 9.76. The highest BCUT2D eigenvalue weighted by Crippen LogP contribution is 2.36. The number of carbonyl (C=O) groups is 1. The van der Waals surface area contributed by atoms with Crippen molar-refractivity contribution in [3.63, 3.8) is 0 Å². The average Bonchev–Trinajstić information content (AvgIpc) is 2.83. The number of rotatable bonds is 7. The Bertz CT molecular complexity index is 968. The van der Waals surface area contributed by atoms with Crippen molar-refractivity contribution in [3.8, 4) is 11.8 Å². The largest absolute Gasteiger partial charge is 0.481 e. The van der Waals surface area contributed by atoms with E-state index in [9.17, 15) is 4.79 Å². The zero-order valence-corrected chi connectivity index (χ0v) is 18.0. The molecule has 1 aliphatic rings. The lowest BCUT2D eigenvalue weighted by Crippen LogP contribution is -2.43. The van der Waals surface area contributed by atoms with Crippen LogP contribution in [0.5, 0.6) is 11.8 Å². The summed E-state index contributed by atoms with van der Waals surface area (Å²) in [7, 11) is 3.21. The molecule has 1 aliphatic heterocycles. The van der Waals surface area contributed by atoms with E-state index in [1.54, 1.807) is 14.2 Å². The normalized spacial score (nSPS) is 17.0. The van der Waals surface area contributed by atoms with E-state index in [1.807, 2.05) is 48.5 Å². The minimum absolute atomic E-state index is 0.0357. The molecule has 0 saturated carbocycles. The van der Waals surface area contributed by atoms with Crippen LogP contribution in [-0.4, -0.2) is 43.0 Å². The molecule has 1 fully saturated rings. The number of carbonyl (C=O) groups excluding carboxylic acids is 1. The number of pyridine rings is 1. The summed E-state index contributed by atoms with van der Waals surface area (Å²) in [6, 6.07) is 24.6. The van der Waals surface area contributed by atoms with Crippen LogP contribution in [0, 0.1) is 5.92 Å². The first kappa shape index (κ1) is 21.1. The molecule has 4 rings (SSSR count). The number of hydrogen-bond acceptors (Lipinski definition) is 5. The van der Waals surface area contributed by atoms with Gasteiger partial charge in [0, 0.05) is 49.5 Å². The van der Waals surface area contributed by atoms with Gasteiger partial charge in [0.1, 0.15) is 5.78 Å². The Kier molecular flexibility index (Phi) is 6.63. The molecule has 5 nitrogen and oxygen atoms in total. The van der Waals surface area contributed by atoms with Crippen LogP contribution in [-0.2, 0) is 11.3 Å². The molecule has 160 valence electrons. The summed E-state index contributed by atoms with van der Waals surface area (Å²) < 4.78 is 10.7. The van der Waals surface area contributed by atoms with Crippen molar-refractivity contribution in [2.45, 2.75) is 18.9 Å². The standard InChI is InChI=1S/C26H28N2O3/c1-30-24-14-13-21(26(27-24)31-2)17-28-16-15-23(29)22(18-28)25(19-9-5-3-6-10-19)20-11-7-4-8-12-20/h3-14,22,25H,15-18H2,1-2H3. The van der Waals surface area contributed by atoms with Gasteiger partial charge in [-0.3, -0.25) is 9.69 Å². The number of ketones is 1. The van der Waals surface area contributed by atoms with Crippen molar-refractivity contribution in [1.82, 2.24) is 9.88 Å². The summed E-state index contributed by atoms with van der Waals surface area (Å²) in [5, 5.41) is 0. The van der Waals surface area contributed by atoms with Crippen LogP contribution in [0.4, 0.5) is 0 Å². The highest BCUT2D eigenvalue weighted by molar-refractivity contribution is 5.83. The molecule has 1 atom stereocenters. The number of piperidine rings is 1. The Morgan fingerprint density at radius 1 is 0.935 bits per heavy atom. The van der Waals surface area contributed by atoms with E-state index in [2.05, 4.69) is 34.1 Å². The van der Waals surface area contributed by atoms with Crippen molar-refractivity contribution < 1.29 is 14.3 Å². The average molecular weight is 417 g/mol. The molecule has 2 heterocycles. The van der Waals surface area contributed by atoms with E-state index in [4.69, 9.17) is 9.47 Å². The summed E-state index contributed by atoms with van der Waals surface area (Å²) in [6.45, 7) is 2.11. The molecule has 1 aromatic heterocycles. The van der Waals surface area contributed by atoms with Gasteiger partial charge in [0.05, 0.1) is 14.2 Å². The van der Waals surface area contributed by atoms with Crippen LogP contribution in [0.25, 0.3) is 0 Å². The van der Waals surface area contributed by atoms with Gasteiger partial charge in [0.15, 0.2) is 0 Å². The number of hydrogen-bond donors (Lipinski definition) is 0. The van der Waals surface area contributed by atoms with E-state index in [1.165, 1.54) is 11.1 Å². The van der Waals surface area contributed by atoms with E-state index in [0.717, 1.165) is 12.1 Å². The first-order valence-electron chi connectivity index (χ1n) is 10.6. The Morgan fingerprint density at radius 3 is 2.16 bits per heavy atom. The molecular formula is C26H28N2O3. The van der Waals surface area contributed by atoms with Gasteiger partial charge in [-0.15, -0.1) is 0 Å². The monoisotopic (exact) mass is 416 g/mol. The molecule has 0 amide bonds. The maximum absolute atomic E-state index is 13.1. The van der Waals surface area contributed by atoms with Crippen LogP contribution in [0.1, 0.15) is 29.0 Å². The van der Waals surface area contributed by atoms with Gasteiger partial charge >= 0.3 is 0 Å². The Morgan fingerprint density at radius 2 is 1.58 bits per heavy atom. The third kappa shape index (κ3) is 4.78. The van der Waals surface area contributed by atoms with Crippen LogP contribution in [0.15, 0.2) is 72.8 Å². The third-order valence-electron chi connectivity index (χ3n) is 5.97. The summed E-state index contributed by atoms with van der Waals surface area (Å²) in [6.07, 6.45) is 0.548. The number of ether oxygens (including phenoxy) is 2. The fourth-order valence-corrected chi connectivity index (χ4v) is 4.44. The maximum Gasteiger partial charge on any atom is 0.220 e. The van der Waals surface area contributed by atoms with Crippen LogP contribution < -0.4 is 9.47 Å². The second kappa shape index (κ2) is 9.75. The fraction of sp³-hybridized carbons (Fsp3) is 0.308. The smallest absolute Gasteiger partial charge is 0.220 e. The van der Waals surface area contributed by atoms with Gasteiger partial charge in [-0.1, -0.05) is 60.7 Å². The Balaban J connectivity index is 1.61. The highest BCUT2D eigenvalue weighted by atomic mass is 16.5. The predicted octanol–water partition coefficient (Wildman–Crippen LogP) is 4.32. The van der Waals surface area contributed by atoms with Gasteiger partial charge < -0.3 is 9.47 Å². The number of likely N-dealkylation sites (tertiary alicyclic amines) is 1. The van der Waals surface area contributed by atoms with Crippen molar-refractivity contribution in [2.24, 2.45) is 5.92 Å². The van der Waals surface area contributed by atoms with E-state index in [0.29, 0.717) is 37.1 Å². The predicted molar refractivity (Wildman–Crippen MR) is 120 cm³/mol. The van der Waals surface area contributed by atoms with E-state index < -0.39 is 0 Å². The molecule has 0 radical (unpaired) electrons. The van der Waals surface area contributed by atoms with E-state index in [-0.39, 0.29) is 11.8 Å². The summed E-state index contributed by atoms with van der Waals surface area (Å²) >= 11 is 0. The lowest BCUT2D eigenvalue weighted by molar-refractivity contribution is -0.126. The Labute approximate surface area is 183 Å². The van der Waals surface area contributed by atoms with Gasteiger partial charge in [0.2, 0.25) is 11.8 Å². The first-order valence-corrected chi connectivity index (χ1v) is 10.6. The molecule has 0 spiro atoms. The molecule has 3 aromatic rings. The number of nitrogens with zero attached hydrogens (tertiary/aromatic N) is 2. The summed E-state index contributed by atoms with van der Waals surface area (Å²) in [5.41, 5.74) is 3.35. The van der Waals surface area contributed by atoms with Gasteiger partial charge in [0.25, 0.3) is 0 Å². The van der Waals surface area contributed by atoms with Crippen molar-refractivity contribution in [1.29, 1.82) is 0 Å². The van der Waals surface area contributed by atoms with E-state index >= 15 is 0 Å². The summed E-state index contributed by atoms with van der Waals surface area (Å²) in [5.74, 6) is 1.36. The molecule has 5 heteroatoms. The highest BCUT2D eigenvalue weighted by Gasteiger charge is 2.35. The molecule has 0 bridgehead atoms. The number of benzene rings is 2. The first-order chi connectivity index (χ1) is 15.2. The zero-order valence-electron chi connectivity index (χ0n) is 18.0. The number of aromatic nitrogens is 1. The molecule has 0 aliphatic carbocycles. The van der Waals surface area contributed by atoms with Crippen molar-refractivity contribution in [3.05, 3.63) is 89.5 Å². The molecule has 1 saturated heterocycles. The second-order valence-corrected chi connectivity index (χ2v) is 7.88. The quantitative estimate of drug-likeness (QED) is 0.574. The fourth-order valence-electron chi connectivity index (χ4n) is 4.44. The number of methoxy groups -OCH3 is 2. The molecular weight excluding hydrogens is 388 g/mol. The minimum Gasteiger partial charge on any atom is -0.481 e. The molecule has 0 N–H and O–H groups in total. The van der Waals surface area contributed by atoms with Gasteiger partial charge in [-0.2, -0.15) is 4.98 Å². The minimum atomic E-state index is -0.101. The molecule has 31 heavy (non-hydrogen) atoms. The van der Waals surface area contributed by atoms with Crippen molar-refractivity contribution in [2.75, 3.05) is 27.3 Å². The molecule has 1 unspecified atom stereocenters. The van der Waals surface area contributed by atoms with Gasteiger partial charge in [-0.25, -0.2) is 0 Å². The second-order valence-electron chi connectivity index (χ2n) is 7.88. The maximum atomic E-state index is 13.1. The van der Waals surface area contributed by atoms with Crippen LogP contribution in [0.2, 0.25) is 0 Å².